The Morgan fingerprint density at radius 3 is 1.36 bits per heavy atom. The average Bonchev–Trinajstić information content (AvgIpc) is 3.96. The van der Waals surface area contributed by atoms with Crippen LogP contribution in [0, 0.1) is 45.3 Å². The number of aromatic nitrogens is 1. The zero-order valence-electron chi connectivity index (χ0n) is 29.0. The van der Waals surface area contributed by atoms with E-state index in [1.807, 2.05) is 59.1 Å². The molecule has 256 valence electrons. The van der Waals surface area contributed by atoms with Crippen molar-refractivity contribution in [2.45, 2.75) is 110 Å². The lowest BCUT2D eigenvalue weighted by Gasteiger charge is -2.21. The second-order valence-electron chi connectivity index (χ2n) is 12.8. The number of hydrogen-bond acceptors (Lipinski definition) is 8. The molecule has 5 aromatic rings. The van der Waals surface area contributed by atoms with Crippen LogP contribution in [0.1, 0.15) is 120 Å². The van der Waals surface area contributed by atoms with Gasteiger partial charge in [-0.25, -0.2) is 0 Å². The van der Waals surface area contributed by atoms with Gasteiger partial charge < -0.3 is 4.57 Å². The molecule has 0 saturated carbocycles. The highest BCUT2D eigenvalue weighted by Crippen LogP contribution is 2.49. The van der Waals surface area contributed by atoms with Gasteiger partial charge in [0.1, 0.15) is 35.4 Å². The van der Waals surface area contributed by atoms with Crippen molar-refractivity contribution in [1.29, 1.82) is 21.0 Å². The zero-order valence-corrected chi connectivity index (χ0v) is 32.2. The van der Waals surface area contributed by atoms with E-state index in [9.17, 15) is 21.0 Å². The molecule has 0 N–H and O–H groups in total. The van der Waals surface area contributed by atoms with E-state index in [4.69, 9.17) is 0 Å². The van der Waals surface area contributed by atoms with Gasteiger partial charge in [0, 0.05) is 35.3 Å². The molecule has 5 aromatic heterocycles. The number of nitrogens with zero attached hydrogens (tertiary/aromatic N) is 5. The smallest absolute Gasteiger partial charge is 0.131 e. The van der Waals surface area contributed by atoms with Gasteiger partial charge in [-0.05, 0) is 61.4 Å². The predicted octanol–water partition coefficient (Wildman–Crippen LogP) is 14.3. The van der Waals surface area contributed by atoms with Crippen molar-refractivity contribution in [3.63, 3.8) is 0 Å². The minimum Gasteiger partial charge on any atom is -0.336 e. The lowest BCUT2D eigenvalue weighted by atomic mass is 9.99. The predicted molar refractivity (Wildman–Crippen MR) is 215 cm³/mol. The highest BCUT2D eigenvalue weighted by molar-refractivity contribution is 7.32. The lowest BCUT2D eigenvalue weighted by molar-refractivity contribution is 0.410. The van der Waals surface area contributed by atoms with Gasteiger partial charge in [-0.1, -0.05) is 90.9 Å². The van der Waals surface area contributed by atoms with E-state index >= 15 is 0 Å². The second-order valence-corrected chi connectivity index (χ2v) is 17.1. The lowest BCUT2D eigenvalue weighted by Crippen LogP contribution is -2.09. The second kappa shape index (κ2) is 18.9. The molecule has 0 aliphatic rings. The molecular formula is C41H43N5S4. The molecule has 0 radical (unpaired) electrons. The number of allylic oxidation sites excluding steroid dienone is 2. The van der Waals surface area contributed by atoms with Crippen molar-refractivity contribution in [3.05, 3.63) is 57.3 Å². The number of unbranched alkanes of at least 4 members (excludes halogenated alkanes) is 10. The monoisotopic (exact) mass is 733 g/mol. The molecule has 0 atom stereocenters. The molecule has 0 aliphatic carbocycles. The SMILES string of the molecule is CCCCCCCCC(CCCCCCCC)n1c2cc(-c3ccc(C=C(C#N)C#N)s3)sc2c2sc(-c3ccc(C=C(C#N)C#N)s3)cc21. The third-order valence-electron chi connectivity index (χ3n) is 9.09. The molecule has 0 unspecified atom stereocenters. The number of nitriles is 4. The third-order valence-corrected chi connectivity index (χ3v) is 14.0. The summed E-state index contributed by atoms with van der Waals surface area (Å²) in [6.07, 6.45) is 21.1. The van der Waals surface area contributed by atoms with Crippen LogP contribution in [0.2, 0.25) is 0 Å². The number of fused-ring (bicyclic) bond motifs is 3. The summed E-state index contributed by atoms with van der Waals surface area (Å²) in [6, 6.07) is 21.3. The number of thiophene rings is 4. The Bertz CT molecular complexity index is 1940. The van der Waals surface area contributed by atoms with E-state index in [-0.39, 0.29) is 11.1 Å². The van der Waals surface area contributed by atoms with Crippen LogP contribution in [0.3, 0.4) is 0 Å². The fourth-order valence-corrected chi connectivity index (χ4v) is 11.0. The molecule has 5 rings (SSSR count). The topological polar surface area (TPSA) is 100 Å². The van der Waals surface area contributed by atoms with Crippen LogP contribution >= 0.6 is 45.3 Å². The molecule has 5 heterocycles. The van der Waals surface area contributed by atoms with E-state index in [0.717, 1.165) is 19.5 Å². The first-order chi connectivity index (χ1) is 24.5. The maximum Gasteiger partial charge on any atom is 0.131 e. The quantitative estimate of drug-likeness (QED) is 0.0623. The van der Waals surface area contributed by atoms with Crippen LogP contribution in [-0.4, -0.2) is 4.57 Å². The maximum absolute atomic E-state index is 9.28. The van der Waals surface area contributed by atoms with Crippen molar-refractivity contribution in [1.82, 2.24) is 4.57 Å². The summed E-state index contributed by atoms with van der Waals surface area (Å²) in [5.41, 5.74) is 2.85. The van der Waals surface area contributed by atoms with Crippen LogP contribution in [0.5, 0.6) is 0 Å². The first kappa shape index (κ1) is 37.3. The summed E-state index contributed by atoms with van der Waals surface area (Å²) < 4.78 is 5.30. The zero-order chi connectivity index (χ0) is 35.3. The first-order valence-electron chi connectivity index (χ1n) is 17.8. The van der Waals surface area contributed by atoms with Crippen LogP contribution in [0.15, 0.2) is 47.5 Å². The van der Waals surface area contributed by atoms with Gasteiger partial charge in [-0.15, -0.1) is 45.3 Å². The van der Waals surface area contributed by atoms with E-state index in [0.29, 0.717) is 6.04 Å². The van der Waals surface area contributed by atoms with Gasteiger partial charge in [-0.2, -0.15) is 21.0 Å². The summed E-state index contributed by atoms with van der Waals surface area (Å²) in [7, 11) is 0. The van der Waals surface area contributed by atoms with Gasteiger partial charge in [0.2, 0.25) is 0 Å². The fraction of sp³-hybridized carbons (Fsp3) is 0.415. The Balaban J connectivity index is 1.56. The Kier molecular flexibility index (Phi) is 14.1. The Morgan fingerprint density at radius 2 is 0.960 bits per heavy atom. The number of hydrogen-bond donors (Lipinski definition) is 0. The number of rotatable bonds is 19. The largest absolute Gasteiger partial charge is 0.336 e. The molecule has 0 aliphatic heterocycles. The van der Waals surface area contributed by atoms with Gasteiger partial charge in [0.15, 0.2) is 0 Å². The highest BCUT2D eigenvalue weighted by Gasteiger charge is 2.24. The van der Waals surface area contributed by atoms with E-state index < -0.39 is 0 Å². The molecule has 0 spiro atoms. The molecule has 0 fully saturated rings. The van der Waals surface area contributed by atoms with Gasteiger partial charge in [0.05, 0.1) is 20.4 Å². The summed E-state index contributed by atoms with van der Waals surface area (Å²) in [5.74, 6) is 0. The molecule has 9 heteroatoms. The van der Waals surface area contributed by atoms with Gasteiger partial charge in [-0.3, -0.25) is 0 Å². The molecule has 50 heavy (non-hydrogen) atoms. The van der Waals surface area contributed by atoms with Gasteiger partial charge >= 0.3 is 0 Å². The van der Waals surface area contributed by atoms with Crippen molar-refractivity contribution in [2.75, 3.05) is 0 Å². The van der Waals surface area contributed by atoms with Crippen LogP contribution in [-0.2, 0) is 0 Å². The molecule has 0 bridgehead atoms. The van der Waals surface area contributed by atoms with Gasteiger partial charge in [0.25, 0.3) is 0 Å². The average molecular weight is 734 g/mol. The van der Waals surface area contributed by atoms with Crippen molar-refractivity contribution < 1.29 is 0 Å². The summed E-state index contributed by atoms with van der Waals surface area (Å²) in [6.45, 7) is 4.55. The molecular weight excluding hydrogens is 691 g/mol. The minimum atomic E-state index is 0.116. The molecule has 5 nitrogen and oxygen atoms in total. The van der Waals surface area contributed by atoms with Crippen molar-refractivity contribution in [2.24, 2.45) is 0 Å². The van der Waals surface area contributed by atoms with Crippen molar-refractivity contribution >= 4 is 77.9 Å². The minimum absolute atomic E-state index is 0.116. The summed E-state index contributed by atoms with van der Waals surface area (Å²) >= 11 is 6.91. The van der Waals surface area contributed by atoms with Crippen LogP contribution in [0.25, 0.3) is 52.1 Å². The molecule has 0 saturated heterocycles. The maximum atomic E-state index is 9.28. The fourth-order valence-electron chi connectivity index (χ4n) is 6.52. The van der Waals surface area contributed by atoms with Crippen molar-refractivity contribution in [3.8, 4) is 43.8 Å². The van der Waals surface area contributed by atoms with E-state index in [1.54, 1.807) is 34.8 Å². The molecule has 0 aromatic carbocycles. The molecule has 0 amide bonds. The van der Waals surface area contributed by atoms with E-state index in [2.05, 4.69) is 42.7 Å². The standard InChI is InChI=1S/C41H43N5S4/c1-3-5-7-9-11-13-15-31(16-14-12-10-8-6-4-2)46-34-23-38(36-19-17-32(47-36)21-29(25-42)26-43)49-40(34)41-35(46)24-39(50-41)37-20-18-33(48-37)22-30(27-44)28-45/h17-24,31H,3-16H2,1-2H3. The van der Waals surface area contributed by atoms with Crippen LogP contribution in [0.4, 0.5) is 0 Å². The van der Waals surface area contributed by atoms with E-state index in [1.165, 1.54) is 120 Å². The summed E-state index contributed by atoms with van der Waals surface area (Å²) in [5, 5.41) is 37.1. The third kappa shape index (κ3) is 9.23. The summed E-state index contributed by atoms with van der Waals surface area (Å²) in [4.78, 5) is 6.53. The Hall–Kier alpha value is -3.96. The Labute approximate surface area is 312 Å². The normalized spacial score (nSPS) is 11.0. The highest BCUT2D eigenvalue weighted by atomic mass is 32.1. The first-order valence-corrected chi connectivity index (χ1v) is 21.1. The van der Waals surface area contributed by atoms with Crippen LogP contribution < -0.4 is 0 Å². The Morgan fingerprint density at radius 1 is 0.560 bits per heavy atom.